The molecule has 3 N–H and O–H groups in total. The van der Waals surface area contributed by atoms with Gasteiger partial charge in [0.05, 0.1) is 0 Å². The third kappa shape index (κ3) is 6.09. The molecule has 1 aromatic rings. The molecule has 0 aliphatic rings. The zero-order valence-electron chi connectivity index (χ0n) is 10.7. The molecule has 103 valence electrons. The lowest BCUT2D eigenvalue weighted by Crippen LogP contribution is -2.41. The van der Waals surface area contributed by atoms with Crippen molar-refractivity contribution in [2.24, 2.45) is 0 Å². The summed E-state index contributed by atoms with van der Waals surface area (Å²) in [4.78, 5) is 11.1. The molecular formula is C12H17BBrN2O3. The molecule has 0 heterocycles. The minimum atomic E-state index is -0.908. The van der Waals surface area contributed by atoms with E-state index in [0.717, 1.165) is 23.1 Å². The van der Waals surface area contributed by atoms with Gasteiger partial charge in [-0.15, -0.1) is 0 Å². The molecule has 0 aromatic heterocycles. The minimum absolute atomic E-state index is 0.397. The van der Waals surface area contributed by atoms with Crippen molar-refractivity contribution in [1.82, 2.24) is 5.23 Å². The Balaban J connectivity index is 2.56. The van der Waals surface area contributed by atoms with Crippen LogP contribution in [-0.4, -0.2) is 43.7 Å². The summed E-state index contributed by atoms with van der Waals surface area (Å²) in [7, 11) is 2.75. The van der Waals surface area contributed by atoms with E-state index in [-0.39, 0.29) is 0 Å². The lowest BCUT2D eigenvalue weighted by molar-refractivity contribution is -0.139. The smallest absolute Gasteiger partial charge is 0.396 e. The lowest BCUT2D eigenvalue weighted by atomic mass is 10.0. The largest absolute Gasteiger partial charge is 0.480 e. The van der Waals surface area contributed by atoms with Gasteiger partial charge in [-0.25, -0.2) is 0 Å². The molecule has 1 aromatic carbocycles. The highest BCUT2D eigenvalue weighted by molar-refractivity contribution is 9.09. The zero-order chi connectivity index (χ0) is 14.1. The van der Waals surface area contributed by atoms with Crippen molar-refractivity contribution < 1.29 is 14.6 Å². The van der Waals surface area contributed by atoms with Gasteiger partial charge in [0.25, 0.3) is 0 Å². The van der Waals surface area contributed by atoms with Gasteiger partial charge in [0.2, 0.25) is 0 Å². The fourth-order valence-electron chi connectivity index (χ4n) is 1.55. The Kier molecular flexibility index (Phi) is 7.55. The quantitative estimate of drug-likeness (QED) is 0.470. The van der Waals surface area contributed by atoms with Crippen molar-refractivity contribution in [3.8, 4) is 0 Å². The third-order valence-corrected chi connectivity index (χ3v) is 2.90. The number of rotatable bonds is 9. The Morgan fingerprint density at radius 2 is 2.16 bits per heavy atom. The minimum Gasteiger partial charge on any atom is -0.480 e. The molecule has 0 fully saturated rings. The summed E-state index contributed by atoms with van der Waals surface area (Å²) in [5.41, 5.74) is 1.97. The number of anilines is 1. The fraction of sp³-hybridized carbons (Fsp3) is 0.417. The number of aliphatic carboxylic acids is 1. The lowest BCUT2D eigenvalue weighted by Gasteiger charge is -2.13. The van der Waals surface area contributed by atoms with Crippen LogP contribution in [0.1, 0.15) is 5.56 Å². The maximum Gasteiger partial charge on any atom is 0.396 e. The molecular weight excluding hydrogens is 311 g/mol. The molecule has 1 unspecified atom stereocenters. The Morgan fingerprint density at radius 3 is 2.68 bits per heavy atom. The highest BCUT2D eigenvalue weighted by atomic mass is 79.9. The molecule has 0 saturated carbocycles. The average Bonchev–Trinajstić information content (AvgIpc) is 2.42. The van der Waals surface area contributed by atoms with E-state index < -0.39 is 12.0 Å². The van der Waals surface area contributed by atoms with Gasteiger partial charge >= 0.3 is 13.6 Å². The van der Waals surface area contributed by atoms with Crippen molar-refractivity contribution in [3.05, 3.63) is 29.8 Å². The summed E-state index contributed by atoms with van der Waals surface area (Å²) in [6.45, 7) is 0.849. The highest BCUT2D eigenvalue weighted by Gasteiger charge is 2.17. The first kappa shape index (κ1) is 16.0. The number of hydrogen-bond donors (Lipinski definition) is 3. The zero-order valence-corrected chi connectivity index (χ0v) is 12.3. The summed E-state index contributed by atoms with van der Waals surface area (Å²) in [6, 6.07) is 7.02. The van der Waals surface area contributed by atoms with Crippen LogP contribution in [0.25, 0.3) is 0 Å². The second-order valence-corrected chi connectivity index (χ2v) is 4.72. The predicted octanol–water partition coefficient (Wildman–Crippen LogP) is 1.26. The molecule has 0 saturated heterocycles. The first-order valence-electron chi connectivity index (χ1n) is 5.89. The van der Waals surface area contributed by atoms with Gasteiger partial charge in [0.15, 0.2) is 0 Å². The first-order chi connectivity index (χ1) is 9.17. The summed E-state index contributed by atoms with van der Waals surface area (Å²) >= 11 is 3.34. The number of hydrogen-bond acceptors (Lipinski definition) is 4. The normalized spacial score (nSPS) is 11.9. The number of carbonyl (C=O) groups is 1. The van der Waals surface area contributed by atoms with E-state index in [9.17, 15) is 4.79 Å². The van der Waals surface area contributed by atoms with Crippen LogP contribution >= 0.6 is 15.9 Å². The van der Waals surface area contributed by atoms with Gasteiger partial charge < -0.3 is 20.3 Å². The monoisotopic (exact) mass is 327 g/mol. The third-order valence-electron chi connectivity index (χ3n) is 2.50. The van der Waals surface area contributed by atoms with Crippen LogP contribution in [0, 0.1) is 0 Å². The molecule has 0 aliphatic carbocycles. The van der Waals surface area contributed by atoms with E-state index >= 15 is 0 Å². The Labute approximate surface area is 122 Å². The molecule has 1 atom stereocenters. The number of halogens is 1. The second kappa shape index (κ2) is 8.95. The average molecular weight is 328 g/mol. The Bertz CT molecular complexity index is 389. The molecule has 0 amide bonds. The number of carboxylic acids is 1. The number of benzene rings is 1. The Hall–Kier alpha value is -1.05. The summed E-state index contributed by atoms with van der Waals surface area (Å²) in [5, 5.41) is 15.9. The van der Waals surface area contributed by atoms with E-state index in [2.05, 4.69) is 26.5 Å². The van der Waals surface area contributed by atoms with Crippen LogP contribution in [0.2, 0.25) is 0 Å². The standard InChI is InChI=1S/C12H17BBrN2O3/c1-19-13-16-11(12(17)18)8-9-2-4-10(5-3-9)15-7-6-14/h2-5,11,15-16H,6-8H2,1H3,(H,17,18). The summed E-state index contributed by atoms with van der Waals surface area (Å²) in [6.07, 6.45) is 0.397. The van der Waals surface area contributed by atoms with E-state index in [4.69, 9.17) is 9.76 Å². The van der Waals surface area contributed by atoms with Crippen LogP contribution < -0.4 is 10.5 Å². The summed E-state index contributed by atoms with van der Waals surface area (Å²) < 4.78 is 4.71. The van der Waals surface area contributed by atoms with Crippen molar-refractivity contribution >= 4 is 35.2 Å². The Morgan fingerprint density at radius 1 is 1.47 bits per heavy atom. The molecule has 7 heteroatoms. The highest BCUT2D eigenvalue weighted by Crippen LogP contribution is 2.11. The molecule has 5 nitrogen and oxygen atoms in total. The van der Waals surface area contributed by atoms with Crippen molar-refractivity contribution in [2.45, 2.75) is 12.5 Å². The van der Waals surface area contributed by atoms with Crippen molar-refractivity contribution in [1.29, 1.82) is 0 Å². The number of nitrogens with one attached hydrogen (secondary N) is 2. The SMILES string of the molecule is CO[B]NC(Cc1ccc(NCCBr)cc1)C(=O)O. The first-order valence-corrected chi connectivity index (χ1v) is 7.01. The van der Waals surface area contributed by atoms with Crippen LogP contribution in [-0.2, 0) is 15.9 Å². The molecule has 0 bridgehead atoms. The van der Waals surface area contributed by atoms with E-state index in [1.807, 2.05) is 24.3 Å². The molecule has 0 spiro atoms. The summed E-state index contributed by atoms with van der Waals surface area (Å²) in [5.74, 6) is -0.908. The van der Waals surface area contributed by atoms with Gasteiger partial charge in [-0.1, -0.05) is 28.1 Å². The van der Waals surface area contributed by atoms with Crippen molar-refractivity contribution in [3.63, 3.8) is 0 Å². The number of carboxylic acid groups (broad SMARTS) is 1. The van der Waals surface area contributed by atoms with Gasteiger partial charge in [0.1, 0.15) is 6.04 Å². The second-order valence-electron chi connectivity index (χ2n) is 3.93. The van der Waals surface area contributed by atoms with Gasteiger partial charge in [-0.3, -0.25) is 4.79 Å². The topological polar surface area (TPSA) is 70.6 Å². The van der Waals surface area contributed by atoms with Crippen molar-refractivity contribution in [2.75, 3.05) is 24.3 Å². The number of alkyl halides is 1. The molecule has 1 radical (unpaired) electrons. The fourth-order valence-corrected chi connectivity index (χ4v) is 1.75. The van der Waals surface area contributed by atoms with Gasteiger partial charge in [-0.2, -0.15) is 0 Å². The van der Waals surface area contributed by atoms with Gasteiger partial charge in [-0.05, 0) is 24.1 Å². The molecule has 1 rings (SSSR count). The van der Waals surface area contributed by atoms with Crippen LogP contribution in [0.4, 0.5) is 5.69 Å². The van der Waals surface area contributed by atoms with Gasteiger partial charge in [0, 0.05) is 24.7 Å². The maximum absolute atomic E-state index is 11.1. The van der Waals surface area contributed by atoms with Crippen LogP contribution in [0.5, 0.6) is 0 Å². The van der Waals surface area contributed by atoms with E-state index in [1.54, 1.807) is 0 Å². The maximum atomic E-state index is 11.1. The van der Waals surface area contributed by atoms with Crippen LogP contribution in [0.15, 0.2) is 24.3 Å². The van der Waals surface area contributed by atoms with E-state index in [1.165, 1.54) is 14.7 Å². The predicted molar refractivity (Wildman–Crippen MR) is 79.8 cm³/mol. The molecule has 0 aliphatic heterocycles. The van der Waals surface area contributed by atoms with Crippen LogP contribution in [0.3, 0.4) is 0 Å². The molecule has 19 heavy (non-hydrogen) atoms. The van der Waals surface area contributed by atoms with E-state index in [0.29, 0.717) is 6.42 Å².